The van der Waals surface area contributed by atoms with Crippen LogP contribution in [0.2, 0.25) is 5.02 Å². The first-order valence-electron chi connectivity index (χ1n) is 12.2. The number of carboxylic acid groups (broad SMARTS) is 1. The number of carbonyl (C=O) groups excluding carboxylic acids is 4. The number of halogens is 1. The number of amides is 2. The van der Waals surface area contributed by atoms with Gasteiger partial charge in [0.05, 0.1) is 25.0 Å². The fourth-order valence-electron chi connectivity index (χ4n) is 3.79. The normalized spacial score (nSPS) is 12.3. The molecule has 0 radical (unpaired) electrons. The van der Waals surface area contributed by atoms with Gasteiger partial charge in [-0.3, -0.25) is 24.0 Å². The van der Waals surface area contributed by atoms with Crippen LogP contribution in [-0.4, -0.2) is 60.3 Å². The number of benzene rings is 2. The van der Waals surface area contributed by atoms with Gasteiger partial charge in [-0.2, -0.15) is 0 Å². The Labute approximate surface area is 232 Å². The molecule has 39 heavy (non-hydrogen) atoms. The highest BCUT2D eigenvalue weighted by Crippen LogP contribution is 2.28. The molecule has 0 saturated heterocycles. The van der Waals surface area contributed by atoms with E-state index in [9.17, 15) is 29.1 Å². The first kappa shape index (κ1) is 31.3. The lowest BCUT2D eigenvalue weighted by Gasteiger charge is -2.25. The number of hydrogen-bond acceptors (Lipinski definition) is 7. The molecule has 0 saturated carbocycles. The summed E-state index contributed by atoms with van der Waals surface area (Å²) in [6, 6.07) is 7.29. The van der Waals surface area contributed by atoms with Crippen molar-refractivity contribution in [3.8, 4) is 11.5 Å². The second-order valence-electron chi connectivity index (χ2n) is 9.35. The van der Waals surface area contributed by atoms with Crippen molar-refractivity contribution >= 4 is 41.0 Å². The van der Waals surface area contributed by atoms with Gasteiger partial charge in [0.2, 0.25) is 11.8 Å². The first-order valence-corrected chi connectivity index (χ1v) is 12.6. The largest absolute Gasteiger partial charge is 0.496 e. The van der Waals surface area contributed by atoms with Crippen molar-refractivity contribution in [1.29, 1.82) is 0 Å². The molecule has 0 aliphatic heterocycles. The fraction of sp³-hybridized carbons (Fsp3) is 0.393. The van der Waals surface area contributed by atoms with Gasteiger partial charge >= 0.3 is 5.97 Å². The van der Waals surface area contributed by atoms with E-state index in [4.69, 9.17) is 21.1 Å². The Bertz CT molecular complexity index is 1220. The second kappa shape index (κ2) is 14.3. The average molecular weight is 561 g/mol. The minimum absolute atomic E-state index is 0.177. The molecule has 0 fully saturated rings. The van der Waals surface area contributed by atoms with E-state index >= 15 is 0 Å². The van der Waals surface area contributed by atoms with E-state index in [-0.39, 0.29) is 23.0 Å². The molecule has 0 spiro atoms. The number of nitrogens with one attached hydrogen (secondary N) is 2. The molecule has 2 aromatic rings. The van der Waals surface area contributed by atoms with Crippen molar-refractivity contribution in [2.24, 2.45) is 5.92 Å². The lowest BCUT2D eigenvalue weighted by molar-refractivity contribution is -0.141. The minimum Gasteiger partial charge on any atom is -0.496 e. The molecule has 0 heterocycles. The van der Waals surface area contributed by atoms with Gasteiger partial charge in [0, 0.05) is 11.1 Å². The van der Waals surface area contributed by atoms with Crippen LogP contribution in [0, 0.1) is 12.8 Å². The summed E-state index contributed by atoms with van der Waals surface area (Å²) in [5.74, 6) is -3.12. The number of ether oxygens (including phenoxy) is 2. The quantitative estimate of drug-likeness (QED) is 0.298. The highest BCUT2D eigenvalue weighted by atomic mass is 35.5. The highest BCUT2D eigenvalue weighted by Gasteiger charge is 2.30. The summed E-state index contributed by atoms with van der Waals surface area (Å²) in [5.41, 5.74) is 1.54. The van der Waals surface area contributed by atoms with Crippen molar-refractivity contribution in [2.75, 3.05) is 13.7 Å². The van der Waals surface area contributed by atoms with E-state index in [0.717, 1.165) is 0 Å². The summed E-state index contributed by atoms with van der Waals surface area (Å²) in [6.07, 6.45) is -0.855. The van der Waals surface area contributed by atoms with Gasteiger partial charge in [-0.15, -0.1) is 0 Å². The number of rotatable bonds is 14. The van der Waals surface area contributed by atoms with E-state index in [1.165, 1.54) is 14.0 Å². The molecule has 0 aliphatic carbocycles. The van der Waals surface area contributed by atoms with E-state index in [2.05, 4.69) is 10.6 Å². The van der Waals surface area contributed by atoms with Gasteiger partial charge in [0.25, 0.3) is 0 Å². The Hall–Kier alpha value is -3.92. The number of carbonyl (C=O) groups is 5. The Balaban J connectivity index is 2.14. The van der Waals surface area contributed by atoms with Crippen LogP contribution >= 0.6 is 11.6 Å². The smallest absolute Gasteiger partial charge is 0.305 e. The topological polar surface area (TPSA) is 148 Å². The second-order valence-corrected chi connectivity index (χ2v) is 9.76. The molecule has 10 nitrogen and oxygen atoms in total. The maximum atomic E-state index is 13.1. The molecule has 11 heteroatoms. The molecule has 2 aromatic carbocycles. The first-order chi connectivity index (χ1) is 18.3. The molecule has 210 valence electrons. The van der Waals surface area contributed by atoms with E-state index in [0.29, 0.717) is 22.4 Å². The third kappa shape index (κ3) is 9.10. The molecule has 0 bridgehead atoms. The number of carboxylic acids is 1. The summed E-state index contributed by atoms with van der Waals surface area (Å²) in [4.78, 5) is 62.0. The van der Waals surface area contributed by atoms with Gasteiger partial charge in [-0.1, -0.05) is 37.6 Å². The zero-order valence-corrected chi connectivity index (χ0v) is 23.3. The van der Waals surface area contributed by atoms with Crippen LogP contribution in [0.4, 0.5) is 0 Å². The predicted octanol–water partition coefficient (Wildman–Crippen LogP) is 3.15. The van der Waals surface area contributed by atoms with Gasteiger partial charge in [0.15, 0.2) is 11.6 Å². The Morgan fingerprint density at radius 3 is 2.31 bits per heavy atom. The molecule has 2 atom stereocenters. The summed E-state index contributed by atoms with van der Waals surface area (Å²) in [7, 11) is 1.44. The Kier molecular flexibility index (Phi) is 11.5. The van der Waals surface area contributed by atoms with Gasteiger partial charge < -0.3 is 25.2 Å². The number of hydrogen-bond donors (Lipinski definition) is 3. The van der Waals surface area contributed by atoms with Crippen LogP contribution in [0.15, 0.2) is 36.4 Å². The lowest BCUT2D eigenvalue weighted by Crippen LogP contribution is -2.54. The zero-order valence-electron chi connectivity index (χ0n) is 22.5. The predicted molar refractivity (Wildman–Crippen MR) is 144 cm³/mol. The van der Waals surface area contributed by atoms with E-state index in [1.807, 2.05) is 0 Å². The average Bonchev–Trinajstić information content (AvgIpc) is 2.85. The Morgan fingerprint density at radius 1 is 1.05 bits per heavy atom. The molecule has 0 aliphatic rings. The number of aliphatic carboxylic acids is 1. The number of ketones is 2. The van der Waals surface area contributed by atoms with Gasteiger partial charge in [-0.05, 0) is 49.6 Å². The fourth-order valence-corrected chi connectivity index (χ4v) is 4.07. The van der Waals surface area contributed by atoms with Crippen LogP contribution < -0.4 is 20.1 Å². The van der Waals surface area contributed by atoms with Gasteiger partial charge in [-0.25, -0.2) is 0 Å². The Morgan fingerprint density at radius 2 is 1.74 bits per heavy atom. The number of aryl methyl sites for hydroxylation is 1. The summed E-state index contributed by atoms with van der Waals surface area (Å²) >= 11 is 6.12. The van der Waals surface area contributed by atoms with Crippen LogP contribution in [0.25, 0.3) is 0 Å². The molecule has 2 amide bonds. The minimum atomic E-state index is -1.40. The zero-order chi connectivity index (χ0) is 29.3. The maximum Gasteiger partial charge on any atom is 0.305 e. The molecular formula is C28H33ClN2O8. The SMILES string of the molecule is COc1ccc(C(C)=O)cc1CC(=O)N[C@H](C(=O)N[C@@H](CC(=O)O)C(=O)COc1c(C)cccc1Cl)C(C)C. The van der Waals surface area contributed by atoms with Crippen molar-refractivity contribution < 1.29 is 38.6 Å². The van der Waals surface area contributed by atoms with Crippen molar-refractivity contribution in [1.82, 2.24) is 10.6 Å². The molecule has 0 aromatic heterocycles. The molecule has 0 unspecified atom stereocenters. The van der Waals surface area contributed by atoms with Gasteiger partial charge in [0.1, 0.15) is 30.2 Å². The van der Waals surface area contributed by atoms with E-state index < -0.39 is 54.6 Å². The number of para-hydroxylation sites is 1. The molecular weight excluding hydrogens is 528 g/mol. The van der Waals surface area contributed by atoms with E-state index in [1.54, 1.807) is 57.2 Å². The summed E-state index contributed by atoms with van der Waals surface area (Å²) in [6.45, 7) is 6.01. The standard InChI is InChI=1S/C28H33ClN2O8/c1-15(2)26(31-24(34)12-19-11-18(17(4)32)9-10-23(19)38-5)28(37)30-21(13-25(35)36)22(33)14-39-27-16(3)7-6-8-20(27)29/h6-11,15,21,26H,12-14H2,1-5H3,(H,30,37)(H,31,34)(H,35,36)/t21-,26-/m0/s1. The van der Waals surface area contributed by atoms with Crippen LogP contribution in [0.3, 0.4) is 0 Å². The number of Topliss-reactive ketones (excluding diaryl/α,β-unsaturated/α-hetero) is 2. The highest BCUT2D eigenvalue weighted by molar-refractivity contribution is 6.32. The monoisotopic (exact) mass is 560 g/mol. The molecule has 2 rings (SSSR count). The maximum absolute atomic E-state index is 13.1. The van der Waals surface area contributed by atoms with Crippen LogP contribution in [0.5, 0.6) is 11.5 Å². The third-order valence-electron chi connectivity index (χ3n) is 5.91. The third-order valence-corrected chi connectivity index (χ3v) is 6.21. The van der Waals surface area contributed by atoms with Crippen LogP contribution in [0.1, 0.15) is 48.7 Å². The lowest BCUT2D eigenvalue weighted by atomic mass is 10.0. The molecule has 3 N–H and O–H groups in total. The number of methoxy groups -OCH3 is 1. The van der Waals surface area contributed by atoms with Crippen molar-refractivity contribution in [3.05, 3.63) is 58.1 Å². The summed E-state index contributed by atoms with van der Waals surface area (Å²) in [5, 5.41) is 14.7. The van der Waals surface area contributed by atoms with Crippen molar-refractivity contribution in [2.45, 2.75) is 52.6 Å². The van der Waals surface area contributed by atoms with Crippen molar-refractivity contribution in [3.63, 3.8) is 0 Å². The summed E-state index contributed by atoms with van der Waals surface area (Å²) < 4.78 is 10.8. The van der Waals surface area contributed by atoms with Crippen LogP contribution in [-0.2, 0) is 25.6 Å².